The SMILES string of the molecule is CC.CC(=O)c1ccc(C)c(OCc2cc(C(C)(C)C)cc(C(C)(C)C)c2)c1. The molecule has 0 saturated carbocycles. The predicted octanol–water partition coefficient (Wildman–Crippen LogP) is 7.40. The zero-order valence-corrected chi connectivity index (χ0v) is 19.5. The molecule has 2 rings (SSSR count). The second kappa shape index (κ2) is 9.41. The lowest BCUT2D eigenvalue weighted by molar-refractivity contribution is 0.101. The Labute approximate surface area is 172 Å². The highest BCUT2D eigenvalue weighted by Gasteiger charge is 2.20. The summed E-state index contributed by atoms with van der Waals surface area (Å²) in [5.41, 5.74) is 5.69. The third kappa shape index (κ3) is 6.51. The number of aryl methyl sites for hydroxylation is 1. The molecule has 2 nitrogen and oxygen atoms in total. The van der Waals surface area contributed by atoms with Gasteiger partial charge in [-0.1, -0.05) is 85.7 Å². The number of hydrogen-bond acceptors (Lipinski definition) is 2. The fourth-order valence-electron chi connectivity index (χ4n) is 2.78. The number of Topliss-reactive ketones (excluding diaryl/α,β-unsaturated/α-hetero) is 1. The molecule has 0 atom stereocenters. The number of benzene rings is 2. The quantitative estimate of drug-likeness (QED) is 0.515. The molecule has 0 unspecified atom stereocenters. The van der Waals surface area contributed by atoms with E-state index in [1.807, 2.05) is 39.0 Å². The minimum Gasteiger partial charge on any atom is -0.489 e. The third-order valence-electron chi connectivity index (χ3n) is 4.71. The van der Waals surface area contributed by atoms with E-state index in [0.717, 1.165) is 16.9 Å². The predicted molar refractivity (Wildman–Crippen MR) is 121 cm³/mol. The van der Waals surface area contributed by atoms with Crippen molar-refractivity contribution in [2.24, 2.45) is 0 Å². The molecule has 0 aromatic heterocycles. The number of ketones is 1. The average molecular weight is 383 g/mol. The molecule has 28 heavy (non-hydrogen) atoms. The van der Waals surface area contributed by atoms with Crippen molar-refractivity contribution < 1.29 is 9.53 Å². The molecule has 2 aromatic carbocycles. The summed E-state index contributed by atoms with van der Waals surface area (Å²) < 4.78 is 6.10. The Morgan fingerprint density at radius 3 is 1.79 bits per heavy atom. The molecule has 154 valence electrons. The summed E-state index contributed by atoms with van der Waals surface area (Å²) in [5, 5.41) is 0. The first kappa shape index (κ1) is 23.9. The van der Waals surface area contributed by atoms with Gasteiger partial charge < -0.3 is 4.74 Å². The van der Waals surface area contributed by atoms with Crippen LogP contribution in [-0.4, -0.2) is 5.78 Å². The van der Waals surface area contributed by atoms with Crippen molar-refractivity contribution in [3.8, 4) is 5.75 Å². The summed E-state index contributed by atoms with van der Waals surface area (Å²) in [4.78, 5) is 11.6. The molecule has 0 aliphatic rings. The summed E-state index contributed by atoms with van der Waals surface area (Å²) in [6.07, 6.45) is 0. The Kier molecular flexibility index (Phi) is 8.05. The molecule has 0 N–H and O–H groups in total. The molecule has 0 heterocycles. The number of ether oxygens (including phenoxy) is 1. The van der Waals surface area contributed by atoms with Gasteiger partial charge in [0.05, 0.1) is 0 Å². The van der Waals surface area contributed by atoms with E-state index in [4.69, 9.17) is 4.74 Å². The molecule has 2 heteroatoms. The van der Waals surface area contributed by atoms with E-state index >= 15 is 0 Å². The lowest BCUT2D eigenvalue weighted by Crippen LogP contribution is -2.17. The Morgan fingerprint density at radius 2 is 1.36 bits per heavy atom. The molecule has 2 aromatic rings. The van der Waals surface area contributed by atoms with Gasteiger partial charge in [-0.3, -0.25) is 4.79 Å². The molecule has 0 aliphatic carbocycles. The van der Waals surface area contributed by atoms with Crippen molar-refractivity contribution in [2.75, 3.05) is 0 Å². The molecule has 0 saturated heterocycles. The van der Waals surface area contributed by atoms with E-state index in [1.54, 1.807) is 6.92 Å². The van der Waals surface area contributed by atoms with E-state index in [9.17, 15) is 4.79 Å². The topological polar surface area (TPSA) is 26.3 Å². The second-order valence-electron chi connectivity index (χ2n) is 9.24. The molecule has 0 spiro atoms. The minimum atomic E-state index is 0.0552. The van der Waals surface area contributed by atoms with Gasteiger partial charge in [-0.15, -0.1) is 0 Å². The van der Waals surface area contributed by atoms with Crippen LogP contribution in [0.15, 0.2) is 36.4 Å². The highest BCUT2D eigenvalue weighted by molar-refractivity contribution is 5.94. The van der Waals surface area contributed by atoms with Crippen molar-refractivity contribution in [2.45, 2.75) is 86.7 Å². The first-order chi connectivity index (χ1) is 12.9. The van der Waals surface area contributed by atoms with Crippen LogP contribution in [0.3, 0.4) is 0 Å². The second-order valence-corrected chi connectivity index (χ2v) is 9.24. The lowest BCUT2D eigenvalue weighted by Gasteiger charge is -2.26. The van der Waals surface area contributed by atoms with Gasteiger partial charge in [-0.25, -0.2) is 0 Å². The standard InChI is InChI=1S/C24H32O2.C2H6/c1-16-9-10-19(17(2)25)13-22(16)26-15-18-11-20(23(3,4)5)14-21(12-18)24(6,7)8;1-2/h9-14H,15H2,1-8H3;1-2H3. The molecule has 0 bridgehead atoms. The van der Waals surface area contributed by atoms with Crippen LogP contribution in [0.5, 0.6) is 5.75 Å². The van der Waals surface area contributed by atoms with Gasteiger partial charge in [-0.05, 0) is 53.0 Å². The van der Waals surface area contributed by atoms with Crippen LogP contribution in [0.4, 0.5) is 0 Å². The van der Waals surface area contributed by atoms with E-state index in [0.29, 0.717) is 12.2 Å². The maximum atomic E-state index is 11.6. The number of carbonyl (C=O) groups excluding carboxylic acids is 1. The van der Waals surface area contributed by atoms with Crippen molar-refractivity contribution in [3.05, 3.63) is 64.2 Å². The molecular formula is C26H38O2. The van der Waals surface area contributed by atoms with Crippen molar-refractivity contribution in [3.63, 3.8) is 0 Å². The van der Waals surface area contributed by atoms with Gasteiger partial charge in [0, 0.05) is 5.56 Å². The fourth-order valence-corrected chi connectivity index (χ4v) is 2.78. The molecule has 0 fully saturated rings. The maximum absolute atomic E-state index is 11.6. The van der Waals surface area contributed by atoms with Crippen LogP contribution in [0.1, 0.15) is 94.9 Å². The molecule has 0 amide bonds. The summed E-state index contributed by atoms with van der Waals surface area (Å²) in [7, 11) is 0. The van der Waals surface area contributed by atoms with Crippen molar-refractivity contribution in [1.82, 2.24) is 0 Å². The smallest absolute Gasteiger partial charge is 0.159 e. The minimum absolute atomic E-state index is 0.0552. The van der Waals surface area contributed by atoms with Crippen LogP contribution in [0.2, 0.25) is 0 Å². The summed E-state index contributed by atoms with van der Waals surface area (Å²) in [6, 6.07) is 12.4. The van der Waals surface area contributed by atoms with Crippen LogP contribution < -0.4 is 4.74 Å². The van der Waals surface area contributed by atoms with Gasteiger partial charge >= 0.3 is 0 Å². The van der Waals surface area contributed by atoms with Crippen LogP contribution in [0, 0.1) is 6.92 Å². The van der Waals surface area contributed by atoms with E-state index in [2.05, 4.69) is 59.7 Å². The first-order valence-electron chi connectivity index (χ1n) is 10.3. The zero-order chi connectivity index (χ0) is 21.7. The Morgan fingerprint density at radius 1 is 0.857 bits per heavy atom. The zero-order valence-electron chi connectivity index (χ0n) is 19.5. The van der Waals surface area contributed by atoms with Gasteiger partial charge in [0.1, 0.15) is 12.4 Å². The number of carbonyl (C=O) groups is 1. The summed E-state index contributed by atoms with van der Waals surface area (Å²) >= 11 is 0. The van der Waals surface area contributed by atoms with Gasteiger partial charge in [0.15, 0.2) is 5.78 Å². The number of hydrogen-bond donors (Lipinski definition) is 0. The highest BCUT2D eigenvalue weighted by Crippen LogP contribution is 2.31. The van der Waals surface area contributed by atoms with Crippen molar-refractivity contribution in [1.29, 1.82) is 0 Å². The summed E-state index contributed by atoms with van der Waals surface area (Å²) in [6.45, 7) is 21.5. The molecule has 0 radical (unpaired) electrons. The number of rotatable bonds is 4. The largest absolute Gasteiger partial charge is 0.489 e. The van der Waals surface area contributed by atoms with Crippen LogP contribution in [-0.2, 0) is 17.4 Å². The van der Waals surface area contributed by atoms with Crippen molar-refractivity contribution >= 4 is 5.78 Å². The Hall–Kier alpha value is -2.09. The monoisotopic (exact) mass is 382 g/mol. The Balaban J connectivity index is 0.00000190. The van der Waals surface area contributed by atoms with E-state index in [1.165, 1.54) is 11.1 Å². The van der Waals surface area contributed by atoms with Gasteiger partial charge in [-0.2, -0.15) is 0 Å². The van der Waals surface area contributed by atoms with E-state index < -0.39 is 0 Å². The maximum Gasteiger partial charge on any atom is 0.159 e. The van der Waals surface area contributed by atoms with Gasteiger partial charge in [0.25, 0.3) is 0 Å². The highest BCUT2D eigenvalue weighted by atomic mass is 16.5. The molecular weight excluding hydrogens is 344 g/mol. The lowest BCUT2D eigenvalue weighted by atomic mass is 9.79. The normalized spacial score (nSPS) is 11.5. The van der Waals surface area contributed by atoms with Crippen LogP contribution in [0.25, 0.3) is 0 Å². The van der Waals surface area contributed by atoms with Gasteiger partial charge in [0.2, 0.25) is 0 Å². The average Bonchev–Trinajstić information content (AvgIpc) is 2.60. The van der Waals surface area contributed by atoms with Crippen LogP contribution >= 0.6 is 0 Å². The first-order valence-corrected chi connectivity index (χ1v) is 10.3. The third-order valence-corrected chi connectivity index (χ3v) is 4.71. The molecule has 0 aliphatic heterocycles. The Bertz CT molecular complexity index is 770. The van der Waals surface area contributed by atoms with E-state index in [-0.39, 0.29) is 16.6 Å². The fraction of sp³-hybridized carbons (Fsp3) is 0.500. The summed E-state index contributed by atoms with van der Waals surface area (Å²) in [5.74, 6) is 0.829.